The van der Waals surface area contributed by atoms with E-state index in [0.717, 1.165) is 53.1 Å². The molecule has 0 radical (unpaired) electrons. The van der Waals surface area contributed by atoms with Crippen LogP contribution >= 0.6 is 0 Å². The van der Waals surface area contributed by atoms with Crippen molar-refractivity contribution in [1.29, 1.82) is 0 Å². The van der Waals surface area contributed by atoms with E-state index in [1.165, 1.54) is 12.1 Å². The summed E-state index contributed by atoms with van der Waals surface area (Å²) in [5, 5.41) is 4.58. The molecule has 4 rings (SSSR count). The Kier molecular flexibility index (Phi) is 5.71. The summed E-state index contributed by atoms with van der Waals surface area (Å²) in [7, 11) is 0. The molecule has 0 bridgehead atoms. The van der Waals surface area contributed by atoms with Crippen LogP contribution < -0.4 is 4.90 Å². The molecule has 162 valence electrons. The first kappa shape index (κ1) is 21.0. The maximum Gasteiger partial charge on any atom is 0.227 e. The van der Waals surface area contributed by atoms with Crippen LogP contribution in [0.15, 0.2) is 30.3 Å². The predicted molar refractivity (Wildman–Crippen MR) is 117 cm³/mol. The molecule has 1 fully saturated rings. The van der Waals surface area contributed by atoms with Gasteiger partial charge in [0.15, 0.2) is 0 Å². The summed E-state index contributed by atoms with van der Waals surface area (Å²) in [5.74, 6) is 1.49. The van der Waals surface area contributed by atoms with Gasteiger partial charge in [0.25, 0.3) is 0 Å². The molecule has 1 saturated heterocycles. The van der Waals surface area contributed by atoms with E-state index < -0.39 is 0 Å². The van der Waals surface area contributed by atoms with Crippen LogP contribution in [-0.2, 0) is 11.2 Å². The highest BCUT2D eigenvalue weighted by molar-refractivity contribution is 5.79. The van der Waals surface area contributed by atoms with E-state index in [4.69, 9.17) is 0 Å². The molecule has 8 heteroatoms. The Balaban J connectivity index is 1.43. The highest BCUT2D eigenvalue weighted by Crippen LogP contribution is 2.21. The maximum absolute atomic E-state index is 13.3. The van der Waals surface area contributed by atoms with Gasteiger partial charge < -0.3 is 9.80 Å². The van der Waals surface area contributed by atoms with Gasteiger partial charge in [0, 0.05) is 49.2 Å². The van der Waals surface area contributed by atoms with Crippen molar-refractivity contribution >= 4 is 11.7 Å². The lowest BCUT2D eigenvalue weighted by molar-refractivity contribution is -0.130. The van der Waals surface area contributed by atoms with Crippen molar-refractivity contribution in [3.05, 3.63) is 64.6 Å². The molecule has 0 unspecified atom stereocenters. The molecule has 1 aliphatic heterocycles. The molecule has 0 aliphatic carbocycles. The number of carbonyl (C=O) groups is 1. The molecule has 0 atom stereocenters. The molecular weight excluding hydrogens is 395 g/mol. The first-order valence-corrected chi connectivity index (χ1v) is 10.5. The van der Waals surface area contributed by atoms with Gasteiger partial charge in [-0.15, -0.1) is 0 Å². The lowest BCUT2D eigenvalue weighted by Gasteiger charge is -2.35. The van der Waals surface area contributed by atoms with E-state index >= 15 is 0 Å². The lowest BCUT2D eigenvalue weighted by atomic mass is 10.1. The van der Waals surface area contributed by atoms with Gasteiger partial charge in [-0.2, -0.15) is 5.10 Å². The van der Waals surface area contributed by atoms with E-state index in [2.05, 4.69) is 20.0 Å². The summed E-state index contributed by atoms with van der Waals surface area (Å²) in [6, 6.07) is 8.20. The normalized spacial score (nSPS) is 14.2. The van der Waals surface area contributed by atoms with Crippen LogP contribution in [0.3, 0.4) is 0 Å². The molecule has 0 N–H and O–H groups in total. The standard InChI is InChI=1S/C23H27FN6O/c1-15-13-22(26-18(4)25-15)28-9-11-29(12-10-28)23(31)14-21-16(2)27-30(17(21)3)20-7-5-19(24)6-8-20/h5-8,13H,9-12,14H2,1-4H3. The second-order valence-electron chi connectivity index (χ2n) is 8.00. The summed E-state index contributed by atoms with van der Waals surface area (Å²) in [6.45, 7) is 10.5. The third kappa shape index (κ3) is 4.42. The fourth-order valence-corrected chi connectivity index (χ4v) is 4.07. The molecule has 31 heavy (non-hydrogen) atoms. The second-order valence-corrected chi connectivity index (χ2v) is 8.00. The van der Waals surface area contributed by atoms with Crippen molar-refractivity contribution in [3.8, 4) is 5.69 Å². The molecule has 2 aromatic heterocycles. The number of piperazine rings is 1. The number of rotatable bonds is 4. The molecule has 0 saturated carbocycles. The summed E-state index contributed by atoms with van der Waals surface area (Å²) in [4.78, 5) is 26.0. The fraction of sp³-hybridized carbons (Fsp3) is 0.391. The summed E-state index contributed by atoms with van der Waals surface area (Å²) < 4.78 is 15.0. The zero-order valence-corrected chi connectivity index (χ0v) is 18.4. The number of aromatic nitrogens is 4. The predicted octanol–water partition coefficient (Wildman–Crippen LogP) is 2.93. The van der Waals surface area contributed by atoms with Gasteiger partial charge in [0.1, 0.15) is 17.5 Å². The summed E-state index contributed by atoms with van der Waals surface area (Å²) >= 11 is 0. The number of aryl methyl sites for hydroxylation is 3. The van der Waals surface area contributed by atoms with Crippen LogP contribution in [0.4, 0.5) is 10.2 Å². The average Bonchev–Trinajstić information content (AvgIpc) is 3.02. The third-order valence-electron chi connectivity index (χ3n) is 5.75. The van der Waals surface area contributed by atoms with E-state index in [1.807, 2.05) is 38.7 Å². The minimum absolute atomic E-state index is 0.0968. The Bertz CT molecular complexity index is 1080. The number of halogens is 1. The quantitative estimate of drug-likeness (QED) is 0.647. The molecule has 1 aliphatic rings. The number of nitrogens with zero attached hydrogens (tertiary/aromatic N) is 6. The summed E-state index contributed by atoms with van der Waals surface area (Å²) in [5.41, 5.74) is 4.39. The summed E-state index contributed by atoms with van der Waals surface area (Å²) in [6.07, 6.45) is 0.310. The van der Waals surface area contributed by atoms with Crippen LogP contribution in [0.5, 0.6) is 0 Å². The van der Waals surface area contributed by atoms with Crippen LogP contribution in [0, 0.1) is 33.5 Å². The fourth-order valence-electron chi connectivity index (χ4n) is 4.07. The molecule has 3 heterocycles. The Morgan fingerprint density at radius 3 is 2.32 bits per heavy atom. The minimum atomic E-state index is -0.285. The highest BCUT2D eigenvalue weighted by Gasteiger charge is 2.24. The molecular formula is C23H27FN6O. The first-order chi connectivity index (χ1) is 14.8. The van der Waals surface area contributed by atoms with Crippen molar-refractivity contribution in [3.63, 3.8) is 0 Å². The minimum Gasteiger partial charge on any atom is -0.353 e. The zero-order chi connectivity index (χ0) is 22.1. The van der Waals surface area contributed by atoms with E-state index in [-0.39, 0.29) is 11.7 Å². The van der Waals surface area contributed by atoms with E-state index in [0.29, 0.717) is 19.5 Å². The molecule has 7 nitrogen and oxygen atoms in total. The number of carbonyl (C=O) groups excluding carboxylic acids is 1. The van der Waals surface area contributed by atoms with Crippen molar-refractivity contribution < 1.29 is 9.18 Å². The zero-order valence-electron chi connectivity index (χ0n) is 18.4. The van der Waals surface area contributed by atoms with Gasteiger partial charge in [-0.05, 0) is 52.0 Å². The second kappa shape index (κ2) is 8.45. The Morgan fingerprint density at radius 1 is 1.00 bits per heavy atom. The van der Waals surface area contributed by atoms with Gasteiger partial charge in [0.05, 0.1) is 17.8 Å². The van der Waals surface area contributed by atoms with Crippen molar-refractivity contribution in [2.45, 2.75) is 34.1 Å². The Hall–Kier alpha value is -3.29. The topological polar surface area (TPSA) is 67.2 Å². The van der Waals surface area contributed by atoms with Crippen LogP contribution in [0.2, 0.25) is 0 Å². The monoisotopic (exact) mass is 422 g/mol. The van der Waals surface area contributed by atoms with E-state index in [1.54, 1.807) is 16.8 Å². The van der Waals surface area contributed by atoms with Gasteiger partial charge in [-0.3, -0.25) is 4.79 Å². The number of hydrogen-bond acceptors (Lipinski definition) is 5. The number of amides is 1. The van der Waals surface area contributed by atoms with E-state index in [9.17, 15) is 9.18 Å². The largest absolute Gasteiger partial charge is 0.353 e. The molecule has 1 aromatic carbocycles. The molecule has 3 aromatic rings. The van der Waals surface area contributed by atoms with Gasteiger partial charge in [-0.25, -0.2) is 19.0 Å². The van der Waals surface area contributed by atoms with Gasteiger partial charge in [0.2, 0.25) is 5.91 Å². The highest BCUT2D eigenvalue weighted by atomic mass is 19.1. The molecule has 0 spiro atoms. The van der Waals surface area contributed by atoms with Gasteiger partial charge >= 0.3 is 0 Å². The molecule has 1 amide bonds. The Morgan fingerprint density at radius 2 is 1.68 bits per heavy atom. The first-order valence-electron chi connectivity index (χ1n) is 10.5. The van der Waals surface area contributed by atoms with Crippen molar-refractivity contribution in [2.24, 2.45) is 0 Å². The number of hydrogen-bond donors (Lipinski definition) is 0. The third-order valence-corrected chi connectivity index (χ3v) is 5.75. The number of benzene rings is 1. The smallest absolute Gasteiger partial charge is 0.227 e. The van der Waals surface area contributed by atoms with Crippen molar-refractivity contribution in [2.75, 3.05) is 31.1 Å². The van der Waals surface area contributed by atoms with Crippen LogP contribution in [0.1, 0.15) is 28.5 Å². The number of anilines is 1. The van der Waals surface area contributed by atoms with Crippen LogP contribution in [0.25, 0.3) is 5.69 Å². The van der Waals surface area contributed by atoms with Crippen molar-refractivity contribution in [1.82, 2.24) is 24.6 Å². The van der Waals surface area contributed by atoms with Crippen LogP contribution in [-0.4, -0.2) is 56.7 Å². The Labute approximate surface area is 181 Å². The maximum atomic E-state index is 13.3. The van der Waals surface area contributed by atoms with Gasteiger partial charge in [-0.1, -0.05) is 0 Å². The average molecular weight is 423 g/mol. The lowest BCUT2D eigenvalue weighted by Crippen LogP contribution is -2.49. The SMILES string of the molecule is Cc1cc(N2CCN(C(=O)Cc3c(C)nn(-c4ccc(F)cc4)c3C)CC2)nc(C)n1.